The second-order valence-electron chi connectivity index (χ2n) is 3.73. The van der Waals surface area contributed by atoms with Gasteiger partial charge in [0.15, 0.2) is 0 Å². The van der Waals surface area contributed by atoms with Crippen LogP contribution in [0.3, 0.4) is 0 Å². The minimum atomic E-state index is 0.730. The van der Waals surface area contributed by atoms with Gasteiger partial charge in [0.2, 0.25) is 0 Å². The van der Waals surface area contributed by atoms with Gasteiger partial charge >= 0.3 is 0 Å². The van der Waals surface area contributed by atoms with Crippen molar-refractivity contribution in [2.45, 2.75) is 6.42 Å². The molecule has 2 aromatic rings. The summed E-state index contributed by atoms with van der Waals surface area (Å²) in [6.45, 7) is 0. The molecule has 0 saturated carbocycles. The van der Waals surface area contributed by atoms with Gasteiger partial charge in [0.1, 0.15) is 5.75 Å². The van der Waals surface area contributed by atoms with Crippen LogP contribution >= 0.6 is 0 Å². The van der Waals surface area contributed by atoms with E-state index >= 15 is 0 Å². The van der Waals surface area contributed by atoms with Gasteiger partial charge in [-0.2, -0.15) is 0 Å². The molecule has 0 spiro atoms. The zero-order chi connectivity index (χ0) is 11.4. The van der Waals surface area contributed by atoms with Crippen LogP contribution in [-0.2, 0) is 6.42 Å². The Kier molecular flexibility index (Phi) is 3.10. The lowest BCUT2D eigenvalue weighted by Gasteiger charge is -2.09. The molecule has 0 atom stereocenters. The topological polar surface area (TPSA) is 35.2 Å². The fourth-order valence-electron chi connectivity index (χ4n) is 1.72. The highest BCUT2D eigenvalue weighted by molar-refractivity contribution is 5.49. The van der Waals surface area contributed by atoms with Crippen molar-refractivity contribution >= 4 is 5.69 Å². The van der Waals surface area contributed by atoms with Crippen molar-refractivity contribution in [1.82, 2.24) is 0 Å². The van der Waals surface area contributed by atoms with Crippen molar-refractivity contribution in [2.24, 2.45) is 0 Å². The molecule has 2 heteroatoms. The summed E-state index contributed by atoms with van der Waals surface area (Å²) >= 11 is 0. The molecule has 2 N–H and O–H groups in total. The molecular weight excluding hydrogens is 198 g/mol. The van der Waals surface area contributed by atoms with Crippen LogP contribution < -0.4 is 10.5 Å². The Balaban J connectivity index is 2.28. The average Bonchev–Trinajstić information content (AvgIpc) is 2.33. The monoisotopic (exact) mass is 213 g/mol. The number of hydrogen-bond donors (Lipinski definition) is 1. The molecule has 0 unspecified atom stereocenters. The van der Waals surface area contributed by atoms with Crippen molar-refractivity contribution in [3.05, 3.63) is 59.7 Å². The molecule has 16 heavy (non-hydrogen) atoms. The maximum atomic E-state index is 5.72. The second-order valence-corrected chi connectivity index (χ2v) is 3.73. The molecule has 0 aliphatic rings. The van der Waals surface area contributed by atoms with E-state index in [0.717, 1.165) is 23.4 Å². The minimum Gasteiger partial charge on any atom is -0.496 e. The van der Waals surface area contributed by atoms with Crippen molar-refractivity contribution < 1.29 is 4.74 Å². The summed E-state index contributed by atoms with van der Waals surface area (Å²) < 4.78 is 5.32. The SMILES string of the molecule is COc1cc(N)ccc1Cc1ccccc1. The summed E-state index contributed by atoms with van der Waals surface area (Å²) in [4.78, 5) is 0. The molecule has 0 bridgehead atoms. The Morgan fingerprint density at radius 1 is 1.06 bits per heavy atom. The lowest BCUT2D eigenvalue weighted by Crippen LogP contribution is -1.95. The van der Waals surface area contributed by atoms with Gasteiger partial charge in [0.25, 0.3) is 0 Å². The van der Waals surface area contributed by atoms with Crippen molar-refractivity contribution in [3.63, 3.8) is 0 Å². The Morgan fingerprint density at radius 2 is 1.81 bits per heavy atom. The van der Waals surface area contributed by atoms with Crippen LogP contribution in [0, 0.1) is 0 Å². The van der Waals surface area contributed by atoms with E-state index in [1.807, 2.05) is 36.4 Å². The molecular formula is C14H15NO. The van der Waals surface area contributed by atoms with Crippen molar-refractivity contribution in [2.75, 3.05) is 12.8 Å². The van der Waals surface area contributed by atoms with Crippen LogP contribution in [-0.4, -0.2) is 7.11 Å². The molecule has 0 heterocycles. The van der Waals surface area contributed by atoms with E-state index in [9.17, 15) is 0 Å². The van der Waals surface area contributed by atoms with Crippen LogP contribution in [0.15, 0.2) is 48.5 Å². The summed E-state index contributed by atoms with van der Waals surface area (Å²) in [5, 5.41) is 0. The summed E-state index contributed by atoms with van der Waals surface area (Å²) in [7, 11) is 1.67. The van der Waals surface area contributed by atoms with Gasteiger partial charge in [0.05, 0.1) is 7.11 Å². The average molecular weight is 213 g/mol. The standard InChI is InChI=1S/C14H15NO/c1-16-14-10-13(15)8-7-12(14)9-11-5-3-2-4-6-11/h2-8,10H,9,15H2,1H3. The highest BCUT2D eigenvalue weighted by atomic mass is 16.5. The van der Waals surface area contributed by atoms with E-state index in [1.165, 1.54) is 5.56 Å². The fourth-order valence-corrected chi connectivity index (χ4v) is 1.72. The van der Waals surface area contributed by atoms with Gasteiger partial charge in [-0.1, -0.05) is 36.4 Å². The lowest BCUT2D eigenvalue weighted by molar-refractivity contribution is 0.411. The first-order chi connectivity index (χ1) is 7.79. The summed E-state index contributed by atoms with van der Waals surface area (Å²) in [6.07, 6.45) is 0.865. The Morgan fingerprint density at radius 3 is 2.50 bits per heavy atom. The van der Waals surface area contributed by atoms with Crippen LogP contribution in [0.25, 0.3) is 0 Å². The molecule has 0 amide bonds. The van der Waals surface area contributed by atoms with Crippen molar-refractivity contribution in [3.8, 4) is 5.75 Å². The normalized spacial score (nSPS) is 10.1. The molecule has 82 valence electrons. The first-order valence-corrected chi connectivity index (χ1v) is 5.26. The second kappa shape index (κ2) is 4.71. The third-order valence-corrected chi connectivity index (χ3v) is 2.55. The highest BCUT2D eigenvalue weighted by Gasteiger charge is 2.03. The molecule has 2 aromatic carbocycles. The summed E-state index contributed by atoms with van der Waals surface area (Å²) in [6, 6.07) is 16.1. The number of anilines is 1. The van der Waals surface area contributed by atoms with Gasteiger partial charge in [-0.25, -0.2) is 0 Å². The van der Waals surface area contributed by atoms with E-state index in [-0.39, 0.29) is 0 Å². The summed E-state index contributed by atoms with van der Waals surface area (Å²) in [5.41, 5.74) is 8.87. The number of ether oxygens (including phenoxy) is 1. The van der Waals surface area contributed by atoms with E-state index in [1.54, 1.807) is 7.11 Å². The van der Waals surface area contributed by atoms with Gasteiger partial charge in [-0.3, -0.25) is 0 Å². The molecule has 2 rings (SSSR count). The first kappa shape index (κ1) is 10.6. The predicted molar refractivity (Wildman–Crippen MR) is 66.7 cm³/mol. The Labute approximate surface area is 95.7 Å². The minimum absolute atomic E-state index is 0.730. The number of methoxy groups -OCH3 is 1. The van der Waals surface area contributed by atoms with Gasteiger partial charge in [-0.15, -0.1) is 0 Å². The summed E-state index contributed by atoms with van der Waals surface area (Å²) in [5.74, 6) is 0.851. The van der Waals surface area contributed by atoms with Gasteiger partial charge < -0.3 is 10.5 Å². The maximum Gasteiger partial charge on any atom is 0.124 e. The number of nitrogens with two attached hydrogens (primary N) is 1. The van der Waals surface area contributed by atoms with Gasteiger partial charge in [0, 0.05) is 18.2 Å². The zero-order valence-electron chi connectivity index (χ0n) is 9.31. The largest absolute Gasteiger partial charge is 0.496 e. The van der Waals surface area contributed by atoms with E-state index in [2.05, 4.69) is 12.1 Å². The number of rotatable bonds is 3. The molecule has 0 aliphatic carbocycles. The molecule has 0 aliphatic heterocycles. The zero-order valence-corrected chi connectivity index (χ0v) is 9.31. The molecule has 2 nitrogen and oxygen atoms in total. The number of hydrogen-bond acceptors (Lipinski definition) is 2. The third-order valence-electron chi connectivity index (χ3n) is 2.55. The predicted octanol–water partition coefficient (Wildman–Crippen LogP) is 2.87. The van der Waals surface area contributed by atoms with Crippen LogP contribution in [0.1, 0.15) is 11.1 Å². The lowest BCUT2D eigenvalue weighted by atomic mass is 10.0. The van der Waals surface area contributed by atoms with Crippen LogP contribution in [0.4, 0.5) is 5.69 Å². The van der Waals surface area contributed by atoms with E-state index < -0.39 is 0 Å². The van der Waals surface area contributed by atoms with Gasteiger partial charge in [-0.05, 0) is 17.2 Å². The number of benzene rings is 2. The Hall–Kier alpha value is -1.96. The fraction of sp³-hybridized carbons (Fsp3) is 0.143. The third kappa shape index (κ3) is 2.34. The smallest absolute Gasteiger partial charge is 0.124 e. The molecule has 0 saturated heterocycles. The quantitative estimate of drug-likeness (QED) is 0.796. The molecule has 0 fully saturated rings. The van der Waals surface area contributed by atoms with E-state index in [0.29, 0.717) is 0 Å². The highest BCUT2D eigenvalue weighted by Crippen LogP contribution is 2.23. The van der Waals surface area contributed by atoms with Crippen LogP contribution in [0.5, 0.6) is 5.75 Å². The maximum absolute atomic E-state index is 5.72. The number of nitrogen functional groups attached to an aromatic ring is 1. The first-order valence-electron chi connectivity index (χ1n) is 5.26. The Bertz CT molecular complexity index is 465. The molecule has 0 radical (unpaired) electrons. The molecule has 0 aromatic heterocycles. The van der Waals surface area contributed by atoms with Crippen molar-refractivity contribution in [1.29, 1.82) is 0 Å². The van der Waals surface area contributed by atoms with E-state index in [4.69, 9.17) is 10.5 Å². The van der Waals surface area contributed by atoms with Crippen LogP contribution in [0.2, 0.25) is 0 Å².